The maximum Gasteiger partial charge on any atom is 0.133 e. The average molecular weight is 193 g/mol. The number of nitrogens with two attached hydrogens (primary N) is 1. The third-order valence-corrected chi connectivity index (χ3v) is 2.55. The molecule has 4 heteroatoms. The number of anilines is 1. The van der Waals surface area contributed by atoms with Gasteiger partial charge in [-0.1, -0.05) is 6.07 Å². The molecule has 4 nitrogen and oxygen atoms in total. The van der Waals surface area contributed by atoms with Crippen LogP contribution in [0.25, 0.3) is 0 Å². The molecule has 1 aliphatic rings. The lowest BCUT2D eigenvalue weighted by Crippen LogP contribution is -2.24. The normalized spacial score (nSPS) is 21.6. The van der Waals surface area contributed by atoms with Crippen molar-refractivity contribution in [1.29, 1.82) is 0 Å². The van der Waals surface area contributed by atoms with Gasteiger partial charge in [-0.2, -0.15) is 0 Å². The molecule has 1 atom stereocenters. The third kappa shape index (κ3) is 1.71. The maximum absolute atomic E-state index is 9.42. The van der Waals surface area contributed by atoms with Crippen LogP contribution in [0.2, 0.25) is 0 Å². The lowest BCUT2D eigenvalue weighted by atomic mass is 10.2. The van der Waals surface area contributed by atoms with Crippen molar-refractivity contribution in [3.05, 3.63) is 23.9 Å². The lowest BCUT2D eigenvalue weighted by Gasteiger charge is -2.19. The quantitative estimate of drug-likeness (QED) is 0.700. The molecule has 3 N–H and O–H groups in total. The number of aromatic nitrogens is 1. The highest BCUT2D eigenvalue weighted by atomic mass is 16.3. The van der Waals surface area contributed by atoms with Gasteiger partial charge >= 0.3 is 0 Å². The Kier molecular flexibility index (Phi) is 2.65. The Labute approximate surface area is 83.4 Å². The second kappa shape index (κ2) is 3.94. The standard InChI is InChI=1S/C10H15N3O/c11-6-8-2-1-4-12-10(8)13-5-3-9(14)7-13/h1-2,4,9,14H,3,5-7,11H2/t9-/m1/s1. The van der Waals surface area contributed by atoms with E-state index in [2.05, 4.69) is 9.88 Å². The predicted octanol–water partition coefficient (Wildman–Crippen LogP) is 0.111. The van der Waals surface area contributed by atoms with Crippen molar-refractivity contribution in [3.63, 3.8) is 0 Å². The zero-order valence-corrected chi connectivity index (χ0v) is 8.06. The number of rotatable bonds is 2. The zero-order valence-electron chi connectivity index (χ0n) is 8.06. The highest BCUT2D eigenvalue weighted by molar-refractivity contribution is 5.47. The van der Waals surface area contributed by atoms with Crippen molar-refractivity contribution < 1.29 is 5.11 Å². The molecule has 14 heavy (non-hydrogen) atoms. The highest BCUT2D eigenvalue weighted by Crippen LogP contribution is 2.21. The summed E-state index contributed by atoms with van der Waals surface area (Å²) in [6, 6.07) is 3.87. The molecular formula is C10H15N3O. The Morgan fingerprint density at radius 3 is 3.14 bits per heavy atom. The Morgan fingerprint density at radius 2 is 2.50 bits per heavy atom. The number of aliphatic hydroxyl groups is 1. The van der Waals surface area contributed by atoms with Crippen LogP contribution in [0.15, 0.2) is 18.3 Å². The monoisotopic (exact) mass is 193 g/mol. The summed E-state index contributed by atoms with van der Waals surface area (Å²) in [7, 11) is 0. The van der Waals surface area contributed by atoms with E-state index < -0.39 is 0 Å². The molecule has 0 aromatic carbocycles. The van der Waals surface area contributed by atoms with E-state index in [0.29, 0.717) is 13.1 Å². The molecule has 1 fully saturated rings. The molecule has 1 saturated heterocycles. The van der Waals surface area contributed by atoms with Gasteiger partial charge < -0.3 is 15.7 Å². The molecule has 1 aliphatic heterocycles. The Hall–Kier alpha value is -1.13. The maximum atomic E-state index is 9.42. The SMILES string of the molecule is NCc1cccnc1N1CC[C@@H](O)C1. The van der Waals surface area contributed by atoms with E-state index in [1.165, 1.54) is 0 Å². The number of aliphatic hydroxyl groups excluding tert-OH is 1. The zero-order chi connectivity index (χ0) is 9.97. The van der Waals surface area contributed by atoms with Gasteiger partial charge in [0.15, 0.2) is 0 Å². The molecule has 2 rings (SSSR count). The first-order valence-corrected chi connectivity index (χ1v) is 4.88. The molecule has 0 radical (unpaired) electrons. The summed E-state index contributed by atoms with van der Waals surface area (Å²) in [4.78, 5) is 6.39. The first-order chi connectivity index (χ1) is 6.81. The van der Waals surface area contributed by atoms with Crippen LogP contribution < -0.4 is 10.6 Å². The summed E-state index contributed by atoms with van der Waals surface area (Å²) < 4.78 is 0. The molecule has 2 heterocycles. The van der Waals surface area contributed by atoms with Gasteiger partial charge in [0.25, 0.3) is 0 Å². The van der Waals surface area contributed by atoms with Crippen molar-refractivity contribution in [3.8, 4) is 0 Å². The van der Waals surface area contributed by atoms with E-state index in [1.807, 2.05) is 12.1 Å². The van der Waals surface area contributed by atoms with Crippen molar-refractivity contribution in [1.82, 2.24) is 4.98 Å². The van der Waals surface area contributed by atoms with E-state index in [0.717, 1.165) is 24.3 Å². The molecule has 0 aliphatic carbocycles. The minimum absolute atomic E-state index is 0.220. The molecule has 1 aromatic heterocycles. The highest BCUT2D eigenvalue weighted by Gasteiger charge is 2.22. The Morgan fingerprint density at radius 1 is 1.64 bits per heavy atom. The summed E-state index contributed by atoms with van der Waals surface area (Å²) in [5.74, 6) is 0.923. The Bertz CT molecular complexity index is 316. The number of pyridine rings is 1. The van der Waals surface area contributed by atoms with Crippen molar-refractivity contribution in [2.45, 2.75) is 19.1 Å². The minimum Gasteiger partial charge on any atom is -0.391 e. The molecule has 76 valence electrons. The number of nitrogens with zero attached hydrogens (tertiary/aromatic N) is 2. The second-order valence-electron chi connectivity index (χ2n) is 3.58. The molecule has 0 saturated carbocycles. The lowest BCUT2D eigenvalue weighted by molar-refractivity contribution is 0.198. The van der Waals surface area contributed by atoms with Gasteiger partial charge in [-0.15, -0.1) is 0 Å². The van der Waals surface area contributed by atoms with Crippen LogP contribution >= 0.6 is 0 Å². The van der Waals surface area contributed by atoms with Crippen LogP contribution in [0.5, 0.6) is 0 Å². The molecule has 1 aromatic rings. The van der Waals surface area contributed by atoms with Crippen LogP contribution in [0.4, 0.5) is 5.82 Å². The van der Waals surface area contributed by atoms with Gasteiger partial charge in [0.1, 0.15) is 5.82 Å². The summed E-state index contributed by atoms with van der Waals surface area (Å²) >= 11 is 0. The number of hydrogen-bond acceptors (Lipinski definition) is 4. The van der Waals surface area contributed by atoms with E-state index in [9.17, 15) is 5.11 Å². The average Bonchev–Trinajstić information content (AvgIpc) is 2.65. The summed E-state index contributed by atoms with van der Waals surface area (Å²) in [5.41, 5.74) is 6.67. The summed E-state index contributed by atoms with van der Waals surface area (Å²) in [6.07, 6.45) is 2.36. The molecule has 0 spiro atoms. The van der Waals surface area contributed by atoms with Gasteiger partial charge in [-0.3, -0.25) is 0 Å². The minimum atomic E-state index is -0.220. The summed E-state index contributed by atoms with van der Waals surface area (Å²) in [5, 5.41) is 9.42. The molecule has 0 amide bonds. The van der Waals surface area contributed by atoms with Crippen molar-refractivity contribution in [2.24, 2.45) is 5.73 Å². The van der Waals surface area contributed by atoms with E-state index in [1.54, 1.807) is 6.20 Å². The fourth-order valence-corrected chi connectivity index (χ4v) is 1.81. The van der Waals surface area contributed by atoms with Gasteiger partial charge in [0, 0.05) is 31.4 Å². The molecule has 0 bridgehead atoms. The van der Waals surface area contributed by atoms with E-state index in [-0.39, 0.29) is 6.10 Å². The van der Waals surface area contributed by atoms with Crippen LogP contribution in [-0.4, -0.2) is 29.3 Å². The van der Waals surface area contributed by atoms with Gasteiger partial charge in [-0.05, 0) is 12.5 Å². The Balaban J connectivity index is 2.22. The largest absolute Gasteiger partial charge is 0.391 e. The van der Waals surface area contributed by atoms with Gasteiger partial charge in [0.2, 0.25) is 0 Å². The van der Waals surface area contributed by atoms with Gasteiger partial charge in [-0.25, -0.2) is 4.98 Å². The van der Waals surface area contributed by atoms with Crippen LogP contribution in [-0.2, 0) is 6.54 Å². The van der Waals surface area contributed by atoms with Gasteiger partial charge in [0.05, 0.1) is 6.10 Å². The predicted molar refractivity (Wildman–Crippen MR) is 55.0 cm³/mol. The van der Waals surface area contributed by atoms with Crippen LogP contribution in [0.3, 0.4) is 0 Å². The first-order valence-electron chi connectivity index (χ1n) is 4.88. The van der Waals surface area contributed by atoms with Crippen molar-refractivity contribution >= 4 is 5.82 Å². The third-order valence-electron chi connectivity index (χ3n) is 2.55. The topological polar surface area (TPSA) is 62.4 Å². The van der Waals surface area contributed by atoms with Crippen LogP contribution in [0, 0.1) is 0 Å². The fraction of sp³-hybridized carbons (Fsp3) is 0.500. The fourth-order valence-electron chi connectivity index (χ4n) is 1.81. The van der Waals surface area contributed by atoms with E-state index in [4.69, 9.17) is 5.73 Å². The molecule has 0 unspecified atom stereocenters. The smallest absolute Gasteiger partial charge is 0.133 e. The first kappa shape index (κ1) is 9.43. The van der Waals surface area contributed by atoms with Crippen LogP contribution in [0.1, 0.15) is 12.0 Å². The molecular weight excluding hydrogens is 178 g/mol. The summed E-state index contributed by atoms with van der Waals surface area (Å²) in [6.45, 7) is 2.03. The second-order valence-corrected chi connectivity index (χ2v) is 3.58. The van der Waals surface area contributed by atoms with Crippen molar-refractivity contribution in [2.75, 3.05) is 18.0 Å². The number of hydrogen-bond donors (Lipinski definition) is 2. The van der Waals surface area contributed by atoms with E-state index >= 15 is 0 Å². The number of β-amino-alcohol motifs (C(OH)–C–C–N with tert-alkyl or cyclic N) is 1.